The van der Waals surface area contributed by atoms with E-state index in [1.807, 2.05) is 37.3 Å². The lowest BCUT2D eigenvalue weighted by Gasteiger charge is -2.17. The molecule has 0 radical (unpaired) electrons. The van der Waals surface area contributed by atoms with Crippen LogP contribution in [0.5, 0.6) is 0 Å². The Kier molecular flexibility index (Phi) is 5.29. The van der Waals surface area contributed by atoms with Crippen molar-refractivity contribution in [3.63, 3.8) is 0 Å². The molecule has 2 aromatic rings. The van der Waals surface area contributed by atoms with Crippen LogP contribution >= 0.6 is 0 Å². The fraction of sp³-hybridized carbons (Fsp3) is 0.400. The zero-order chi connectivity index (χ0) is 18.9. The normalized spacial score (nSPS) is 27.6. The summed E-state index contributed by atoms with van der Waals surface area (Å²) in [6.07, 6.45) is -1.70. The van der Waals surface area contributed by atoms with E-state index in [9.17, 15) is 8.42 Å². The van der Waals surface area contributed by atoms with Crippen LogP contribution in [-0.2, 0) is 35.1 Å². The van der Waals surface area contributed by atoms with Crippen LogP contribution in [0.4, 0.5) is 0 Å². The van der Waals surface area contributed by atoms with Crippen molar-refractivity contribution < 1.29 is 26.8 Å². The van der Waals surface area contributed by atoms with E-state index in [1.54, 1.807) is 24.3 Å². The molecule has 0 aromatic heterocycles. The van der Waals surface area contributed by atoms with Crippen LogP contribution in [-0.4, -0.2) is 46.0 Å². The van der Waals surface area contributed by atoms with Crippen molar-refractivity contribution >= 4 is 10.1 Å². The van der Waals surface area contributed by atoms with Gasteiger partial charge in [0.1, 0.15) is 24.4 Å². The van der Waals surface area contributed by atoms with Crippen molar-refractivity contribution in [3.8, 4) is 0 Å². The molecule has 2 aromatic carbocycles. The molecule has 4 atom stereocenters. The average Bonchev–Trinajstić information content (AvgIpc) is 3.24. The summed E-state index contributed by atoms with van der Waals surface area (Å²) in [4.78, 5) is 0.131. The first-order valence-corrected chi connectivity index (χ1v) is 10.3. The van der Waals surface area contributed by atoms with Gasteiger partial charge in [0.05, 0.1) is 24.7 Å². The molecule has 27 heavy (non-hydrogen) atoms. The number of ether oxygens (including phenoxy) is 3. The second-order valence-corrected chi connectivity index (χ2v) is 8.40. The third-order valence-corrected chi connectivity index (χ3v) is 6.18. The maximum atomic E-state index is 12.5. The van der Waals surface area contributed by atoms with Crippen LogP contribution in [0.15, 0.2) is 59.5 Å². The highest BCUT2D eigenvalue weighted by atomic mass is 32.2. The number of hydrogen-bond acceptors (Lipinski definition) is 6. The van der Waals surface area contributed by atoms with E-state index in [4.69, 9.17) is 18.4 Å². The van der Waals surface area contributed by atoms with Crippen LogP contribution in [0.2, 0.25) is 0 Å². The van der Waals surface area contributed by atoms with E-state index in [-0.39, 0.29) is 23.7 Å². The molecule has 2 aliphatic rings. The molecule has 0 unspecified atom stereocenters. The molecular formula is C20H22O6S. The first kappa shape index (κ1) is 18.6. The van der Waals surface area contributed by atoms with Gasteiger partial charge in [-0.3, -0.25) is 4.18 Å². The Morgan fingerprint density at radius 1 is 0.926 bits per heavy atom. The summed E-state index contributed by atoms with van der Waals surface area (Å²) < 4.78 is 47.9. The molecule has 0 saturated carbocycles. The summed E-state index contributed by atoms with van der Waals surface area (Å²) in [5.74, 6) is 0. The van der Waals surface area contributed by atoms with E-state index in [2.05, 4.69) is 0 Å². The van der Waals surface area contributed by atoms with Gasteiger partial charge in [-0.05, 0) is 24.6 Å². The lowest BCUT2D eigenvalue weighted by molar-refractivity contribution is -0.0423. The van der Waals surface area contributed by atoms with Crippen molar-refractivity contribution in [1.29, 1.82) is 0 Å². The summed E-state index contributed by atoms with van der Waals surface area (Å²) in [6.45, 7) is 2.86. The maximum Gasteiger partial charge on any atom is 0.297 e. The third kappa shape index (κ3) is 4.07. The number of hydrogen-bond donors (Lipinski definition) is 0. The Hall–Kier alpha value is -1.77. The molecule has 0 aliphatic carbocycles. The van der Waals surface area contributed by atoms with Gasteiger partial charge in [0.25, 0.3) is 10.1 Å². The predicted octanol–water partition coefficient (Wildman–Crippen LogP) is 2.45. The molecule has 0 spiro atoms. The zero-order valence-electron chi connectivity index (χ0n) is 15.0. The van der Waals surface area contributed by atoms with Crippen LogP contribution in [0.1, 0.15) is 11.1 Å². The molecule has 2 aliphatic heterocycles. The minimum absolute atomic E-state index is 0.131. The Balaban J connectivity index is 1.38. The molecule has 2 heterocycles. The minimum Gasteiger partial charge on any atom is -0.370 e. The van der Waals surface area contributed by atoms with E-state index in [0.717, 1.165) is 11.1 Å². The number of fused-ring (bicyclic) bond motifs is 1. The molecule has 0 N–H and O–H groups in total. The summed E-state index contributed by atoms with van der Waals surface area (Å²) in [6, 6.07) is 16.4. The summed E-state index contributed by atoms with van der Waals surface area (Å²) in [5.41, 5.74) is 2.05. The van der Waals surface area contributed by atoms with Crippen molar-refractivity contribution in [2.75, 3.05) is 13.2 Å². The van der Waals surface area contributed by atoms with Crippen LogP contribution in [0.25, 0.3) is 0 Å². The van der Waals surface area contributed by atoms with Gasteiger partial charge >= 0.3 is 0 Å². The summed E-state index contributed by atoms with van der Waals surface area (Å²) in [7, 11) is -3.87. The first-order valence-electron chi connectivity index (χ1n) is 8.92. The topological polar surface area (TPSA) is 71.1 Å². The molecular weight excluding hydrogens is 368 g/mol. The van der Waals surface area contributed by atoms with Gasteiger partial charge < -0.3 is 14.2 Å². The number of rotatable bonds is 6. The zero-order valence-corrected chi connectivity index (χ0v) is 15.8. The van der Waals surface area contributed by atoms with Crippen LogP contribution < -0.4 is 0 Å². The Bertz CT molecular complexity index is 865. The van der Waals surface area contributed by atoms with Gasteiger partial charge in [-0.1, -0.05) is 48.0 Å². The highest BCUT2D eigenvalue weighted by Gasteiger charge is 2.50. The van der Waals surface area contributed by atoms with Crippen LogP contribution in [0.3, 0.4) is 0 Å². The quantitative estimate of drug-likeness (QED) is 0.706. The second-order valence-electron chi connectivity index (χ2n) is 6.83. The maximum absolute atomic E-state index is 12.5. The minimum atomic E-state index is -3.87. The molecule has 6 nitrogen and oxygen atoms in total. The van der Waals surface area contributed by atoms with Crippen molar-refractivity contribution in [2.45, 2.75) is 42.8 Å². The largest absolute Gasteiger partial charge is 0.370 e. The molecule has 0 bridgehead atoms. The smallest absolute Gasteiger partial charge is 0.297 e. The van der Waals surface area contributed by atoms with Gasteiger partial charge in [0, 0.05) is 0 Å². The number of benzene rings is 2. The van der Waals surface area contributed by atoms with E-state index >= 15 is 0 Å². The van der Waals surface area contributed by atoms with Gasteiger partial charge in [-0.15, -0.1) is 0 Å². The summed E-state index contributed by atoms with van der Waals surface area (Å²) >= 11 is 0. The van der Waals surface area contributed by atoms with Gasteiger partial charge in [-0.2, -0.15) is 8.42 Å². The predicted molar refractivity (Wildman–Crippen MR) is 97.7 cm³/mol. The molecule has 7 heteroatoms. The van der Waals surface area contributed by atoms with Crippen LogP contribution in [0, 0.1) is 6.92 Å². The lowest BCUT2D eigenvalue weighted by Crippen LogP contribution is -2.35. The third-order valence-electron chi connectivity index (χ3n) is 4.83. The lowest BCUT2D eigenvalue weighted by atomic mass is 10.1. The second kappa shape index (κ2) is 7.69. The monoisotopic (exact) mass is 390 g/mol. The Morgan fingerprint density at radius 2 is 1.56 bits per heavy atom. The highest BCUT2D eigenvalue weighted by Crippen LogP contribution is 2.32. The molecule has 2 fully saturated rings. The van der Waals surface area contributed by atoms with E-state index in [1.165, 1.54) is 0 Å². The van der Waals surface area contributed by atoms with Gasteiger partial charge in [0.15, 0.2) is 0 Å². The number of aryl methyl sites for hydroxylation is 1. The van der Waals surface area contributed by atoms with Gasteiger partial charge in [0.2, 0.25) is 0 Å². The first-order chi connectivity index (χ1) is 13.0. The highest BCUT2D eigenvalue weighted by molar-refractivity contribution is 7.86. The average molecular weight is 390 g/mol. The Morgan fingerprint density at radius 3 is 2.26 bits per heavy atom. The van der Waals surface area contributed by atoms with E-state index in [0.29, 0.717) is 13.2 Å². The molecule has 0 amide bonds. The van der Waals surface area contributed by atoms with Crippen molar-refractivity contribution in [3.05, 3.63) is 65.7 Å². The molecule has 144 valence electrons. The fourth-order valence-corrected chi connectivity index (χ4v) is 4.43. The summed E-state index contributed by atoms with van der Waals surface area (Å²) in [5, 5.41) is 0. The van der Waals surface area contributed by atoms with Gasteiger partial charge in [-0.25, -0.2) is 0 Å². The fourth-order valence-electron chi connectivity index (χ4n) is 3.36. The molecule has 4 rings (SSSR count). The van der Waals surface area contributed by atoms with E-state index < -0.39 is 22.3 Å². The molecule has 2 saturated heterocycles. The standard InChI is InChI=1S/C20H22O6S/c1-14-7-9-16(10-8-14)27(21,22)26-18-13-25-19-17(12-24-20(18)19)23-11-15-5-3-2-4-6-15/h2-10,17-20H,11-13H2,1H3/t17-,18+,19+,20+/m0/s1. The Labute approximate surface area is 159 Å². The SMILES string of the molecule is Cc1ccc(S(=O)(=O)O[C@@H]2CO[C@H]3[C@@H]2OC[C@@H]3OCc2ccccc2)cc1. The van der Waals surface area contributed by atoms with Crippen molar-refractivity contribution in [1.82, 2.24) is 0 Å². The van der Waals surface area contributed by atoms with Crippen molar-refractivity contribution in [2.24, 2.45) is 0 Å².